The minimum atomic E-state index is -0.287. The fourth-order valence-corrected chi connectivity index (χ4v) is 4.75. The minimum Gasteiger partial charge on any atom is -0.490 e. The molecule has 2 amide bonds. The van der Waals surface area contributed by atoms with Crippen LogP contribution in [-0.4, -0.2) is 36.3 Å². The Morgan fingerprint density at radius 2 is 1.86 bits per heavy atom. The van der Waals surface area contributed by atoms with Gasteiger partial charge in [-0.05, 0) is 49.3 Å². The third-order valence-corrected chi connectivity index (χ3v) is 5.97. The van der Waals surface area contributed by atoms with Crippen LogP contribution in [0, 0.1) is 36.0 Å². The molecule has 0 radical (unpaired) electrons. The Balaban J connectivity index is 1.58. The zero-order chi connectivity index (χ0) is 20.5. The van der Waals surface area contributed by atoms with Crippen LogP contribution in [0.4, 0.5) is 0 Å². The van der Waals surface area contributed by atoms with E-state index in [0.29, 0.717) is 28.7 Å². The molecular weight excluding hydrogens is 392 g/mol. The van der Waals surface area contributed by atoms with Gasteiger partial charge in [0.2, 0.25) is 0 Å². The number of hydrogen-bond donors (Lipinski definition) is 0. The minimum absolute atomic E-state index is 0.0587. The van der Waals surface area contributed by atoms with Crippen LogP contribution < -0.4 is 9.47 Å². The van der Waals surface area contributed by atoms with Crippen LogP contribution in [0.1, 0.15) is 25.3 Å². The van der Waals surface area contributed by atoms with Crippen LogP contribution in [0.3, 0.4) is 0 Å². The summed E-state index contributed by atoms with van der Waals surface area (Å²) in [5.41, 5.74) is 0.586. The molecule has 3 aliphatic carbocycles. The predicted molar refractivity (Wildman–Crippen MR) is 109 cm³/mol. The van der Waals surface area contributed by atoms with Crippen molar-refractivity contribution in [3.63, 3.8) is 0 Å². The summed E-state index contributed by atoms with van der Waals surface area (Å²) < 4.78 is 11.1. The number of halogens is 1. The van der Waals surface area contributed by atoms with Crippen LogP contribution in [0.2, 0.25) is 5.02 Å². The largest absolute Gasteiger partial charge is 0.490 e. The van der Waals surface area contributed by atoms with Crippen molar-refractivity contribution < 1.29 is 19.1 Å². The number of carbonyl (C=O) groups excluding carboxylic acids is 2. The number of fused-ring (bicyclic) bond motifs is 1. The Kier molecular flexibility index (Phi) is 5.33. The Morgan fingerprint density at radius 3 is 2.41 bits per heavy atom. The molecule has 1 saturated heterocycles. The van der Waals surface area contributed by atoms with Gasteiger partial charge in [-0.1, -0.05) is 29.7 Å². The van der Waals surface area contributed by atoms with Crippen LogP contribution >= 0.6 is 11.6 Å². The van der Waals surface area contributed by atoms with Gasteiger partial charge < -0.3 is 9.47 Å². The smallest absolute Gasteiger partial charge is 0.254 e. The highest BCUT2D eigenvalue weighted by Crippen LogP contribution is 2.49. The second-order valence-electron chi connectivity index (χ2n) is 7.33. The molecule has 4 atom stereocenters. The summed E-state index contributed by atoms with van der Waals surface area (Å²) in [4.78, 5) is 25.7. The van der Waals surface area contributed by atoms with E-state index in [0.717, 1.165) is 17.9 Å². The molecule has 1 aliphatic heterocycles. The van der Waals surface area contributed by atoms with E-state index < -0.39 is 0 Å². The summed E-state index contributed by atoms with van der Waals surface area (Å²) in [7, 11) is 0. The number of rotatable bonds is 6. The summed E-state index contributed by atoms with van der Waals surface area (Å²) in [5, 5.41) is 5.53. The lowest BCUT2D eigenvalue weighted by atomic mass is 9.63. The molecule has 6 nitrogen and oxygen atoms in total. The van der Waals surface area contributed by atoms with Crippen molar-refractivity contribution in [2.24, 2.45) is 28.8 Å². The molecule has 1 aromatic carbocycles. The fourth-order valence-electron chi connectivity index (χ4n) is 4.48. The molecule has 7 heteroatoms. The van der Waals surface area contributed by atoms with Gasteiger partial charge in [-0.3, -0.25) is 9.59 Å². The number of hydrazone groups is 1. The first-order chi connectivity index (χ1) is 14.0. The van der Waals surface area contributed by atoms with Gasteiger partial charge in [-0.25, -0.2) is 0 Å². The monoisotopic (exact) mass is 412 g/mol. The highest BCUT2D eigenvalue weighted by atomic mass is 35.5. The summed E-state index contributed by atoms with van der Waals surface area (Å²) in [6, 6.07) is 3.32. The summed E-state index contributed by atoms with van der Waals surface area (Å²) >= 11 is 6.31. The SMILES string of the molecule is C#CCOc1c(Cl)cc(/C=N\N2C(=O)[C@@H]3[C@H](C2=O)[C@H]2C=C[C@H]3CC2)cc1OCC. The van der Waals surface area contributed by atoms with Crippen LogP contribution in [0.15, 0.2) is 29.4 Å². The van der Waals surface area contributed by atoms with E-state index in [9.17, 15) is 9.59 Å². The molecule has 2 fully saturated rings. The molecule has 4 aliphatic rings. The van der Waals surface area contributed by atoms with E-state index in [-0.39, 0.29) is 42.1 Å². The maximum atomic E-state index is 12.8. The summed E-state index contributed by atoms with van der Waals surface area (Å²) in [5.74, 6) is 2.41. The van der Waals surface area contributed by atoms with Crippen molar-refractivity contribution in [2.45, 2.75) is 19.8 Å². The van der Waals surface area contributed by atoms with Gasteiger partial charge in [0, 0.05) is 0 Å². The Labute approximate surface area is 174 Å². The quantitative estimate of drug-likeness (QED) is 0.311. The molecule has 0 N–H and O–H groups in total. The summed E-state index contributed by atoms with van der Waals surface area (Å²) in [6.07, 6.45) is 12.7. The zero-order valence-electron chi connectivity index (χ0n) is 16.0. The Hall–Kier alpha value is -2.78. The first-order valence-corrected chi connectivity index (χ1v) is 10.1. The van der Waals surface area contributed by atoms with Crippen LogP contribution in [-0.2, 0) is 9.59 Å². The van der Waals surface area contributed by atoms with E-state index >= 15 is 0 Å². The van der Waals surface area contributed by atoms with Gasteiger partial charge in [-0.15, -0.1) is 6.42 Å². The molecule has 0 unspecified atom stereocenters. The second kappa shape index (κ2) is 7.92. The van der Waals surface area contributed by atoms with Crippen molar-refractivity contribution in [1.29, 1.82) is 0 Å². The molecule has 5 rings (SSSR count). The molecular formula is C22H21ClN2O4. The second-order valence-corrected chi connectivity index (χ2v) is 7.74. The van der Waals surface area contributed by atoms with E-state index in [4.69, 9.17) is 27.5 Å². The van der Waals surface area contributed by atoms with Crippen molar-refractivity contribution in [3.05, 3.63) is 34.9 Å². The lowest BCUT2D eigenvalue weighted by Gasteiger charge is -2.37. The average molecular weight is 413 g/mol. The number of amides is 2. The molecule has 0 aromatic heterocycles. The summed E-state index contributed by atoms with van der Waals surface area (Å²) in [6.45, 7) is 2.31. The maximum Gasteiger partial charge on any atom is 0.254 e. The third kappa shape index (κ3) is 3.40. The number of allylic oxidation sites excluding steroid dienone is 2. The number of imide groups is 1. The number of ether oxygens (including phenoxy) is 2. The Morgan fingerprint density at radius 1 is 1.21 bits per heavy atom. The number of nitrogens with zero attached hydrogens (tertiary/aromatic N) is 2. The van der Waals surface area contributed by atoms with Gasteiger partial charge in [0.05, 0.1) is 29.7 Å². The highest BCUT2D eigenvalue weighted by molar-refractivity contribution is 6.32. The van der Waals surface area contributed by atoms with Gasteiger partial charge in [0.1, 0.15) is 6.61 Å². The molecule has 1 heterocycles. The molecule has 2 bridgehead atoms. The van der Waals surface area contributed by atoms with Gasteiger partial charge >= 0.3 is 0 Å². The zero-order valence-corrected chi connectivity index (χ0v) is 16.8. The molecule has 1 aromatic rings. The number of carbonyl (C=O) groups is 2. The topological polar surface area (TPSA) is 68.2 Å². The number of benzene rings is 1. The fraction of sp³-hybridized carbons (Fsp3) is 0.409. The first kappa shape index (κ1) is 19.5. The number of hydrogen-bond acceptors (Lipinski definition) is 5. The third-order valence-electron chi connectivity index (χ3n) is 5.69. The van der Waals surface area contributed by atoms with Gasteiger partial charge in [0.25, 0.3) is 11.8 Å². The first-order valence-electron chi connectivity index (χ1n) is 9.67. The Bertz CT molecular complexity index is 917. The predicted octanol–water partition coefficient (Wildman–Crippen LogP) is 3.28. The standard InChI is InChI=1S/C22H21ClN2O4/c1-3-9-29-20-16(23)10-13(11-17(20)28-4-2)12-24-25-21(26)18-14-5-6-15(8-7-14)19(18)22(25)27/h1,5-6,10-12,14-15,18-19H,4,7-9H2,2H3/b24-12-/t14-,15-,18-,19+/m0/s1. The molecule has 29 heavy (non-hydrogen) atoms. The van der Waals surface area contributed by atoms with Gasteiger partial charge in [-0.2, -0.15) is 10.1 Å². The number of terminal acetylenes is 1. The molecule has 0 spiro atoms. The van der Waals surface area contributed by atoms with Gasteiger partial charge in [0.15, 0.2) is 11.5 Å². The average Bonchev–Trinajstić information content (AvgIpc) is 2.99. The lowest BCUT2D eigenvalue weighted by Crippen LogP contribution is -2.38. The van der Waals surface area contributed by atoms with Crippen molar-refractivity contribution in [1.82, 2.24) is 5.01 Å². The van der Waals surface area contributed by atoms with Crippen molar-refractivity contribution in [2.75, 3.05) is 13.2 Å². The van der Waals surface area contributed by atoms with Crippen LogP contribution in [0.5, 0.6) is 11.5 Å². The van der Waals surface area contributed by atoms with E-state index in [1.807, 2.05) is 6.92 Å². The molecule has 150 valence electrons. The maximum absolute atomic E-state index is 12.8. The van der Waals surface area contributed by atoms with Crippen molar-refractivity contribution in [3.8, 4) is 23.8 Å². The van der Waals surface area contributed by atoms with Crippen molar-refractivity contribution >= 4 is 29.6 Å². The van der Waals surface area contributed by atoms with E-state index in [1.165, 1.54) is 6.21 Å². The van der Waals surface area contributed by atoms with Crippen LogP contribution in [0.25, 0.3) is 0 Å². The van der Waals surface area contributed by atoms with E-state index in [1.54, 1.807) is 12.1 Å². The normalized spacial score (nSPS) is 27.4. The molecule has 1 saturated carbocycles. The highest BCUT2D eigenvalue weighted by Gasteiger charge is 2.56. The lowest BCUT2D eigenvalue weighted by molar-refractivity contribution is -0.140. The van der Waals surface area contributed by atoms with E-state index in [2.05, 4.69) is 23.2 Å².